The minimum Gasteiger partial charge on any atom is -0.489 e. The van der Waals surface area contributed by atoms with Crippen LogP contribution >= 0.6 is 0 Å². The molecule has 2 heterocycles. The Morgan fingerprint density at radius 3 is 2.38 bits per heavy atom. The van der Waals surface area contributed by atoms with Crippen LogP contribution in [0.15, 0.2) is 53.4 Å². The van der Waals surface area contributed by atoms with E-state index in [1.54, 1.807) is 32.9 Å². The molecule has 11 heteroatoms. The molecule has 0 atom stereocenters. The Hall–Kier alpha value is -3.70. The maximum atomic E-state index is 13.3. The lowest BCUT2D eigenvalue weighted by molar-refractivity contribution is -0.144. The number of hydrogen-bond acceptors (Lipinski definition) is 8. The Morgan fingerprint density at radius 2 is 1.75 bits per heavy atom. The summed E-state index contributed by atoms with van der Waals surface area (Å²) in [6, 6.07) is 14.0. The molecule has 1 amide bonds. The Bertz CT molecular complexity index is 1520. The van der Waals surface area contributed by atoms with Crippen molar-refractivity contribution in [3.8, 4) is 5.75 Å². The summed E-state index contributed by atoms with van der Waals surface area (Å²) in [6.45, 7) is 9.39. The summed E-state index contributed by atoms with van der Waals surface area (Å²) >= 11 is 0. The zero-order chi connectivity index (χ0) is 29.3. The van der Waals surface area contributed by atoms with Crippen molar-refractivity contribution in [3.05, 3.63) is 65.4 Å². The Kier molecular flexibility index (Phi) is 8.09. The van der Waals surface area contributed by atoms with Gasteiger partial charge in [0.05, 0.1) is 29.5 Å². The minimum absolute atomic E-state index is 0.000592. The average molecular weight is 570 g/mol. The molecule has 0 aliphatic carbocycles. The number of carbonyl (C=O) groups excluding carboxylic acids is 2. The number of sulfonamides is 1. The fourth-order valence-electron chi connectivity index (χ4n) is 4.65. The van der Waals surface area contributed by atoms with E-state index in [1.807, 2.05) is 38.1 Å². The molecule has 0 radical (unpaired) electrons. The van der Waals surface area contributed by atoms with Gasteiger partial charge in [-0.3, -0.25) is 9.78 Å². The molecule has 2 aromatic carbocycles. The van der Waals surface area contributed by atoms with Gasteiger partial charge in [0.25, 0.3) is 0 Å². The lowest BCUT2D eigenvalue weighted by Gasteiger charge is -2.49. The number of aryl methyl sites for hydroxylation is 2. The molecule has 3 aromatic rings. The van der Waals surface area contributed by atoms with Gasteiger partial charge in [-0.15, -0.1) is 0 Å². The normalized spacial score (nSPS) is 14.9. The monoisotopic (exact) mass is 569 g/mol. The lowest BCUT2D eigenvalue weighted by atomic mass is 9.88. The van der Waals surface area contributed by atoms with Gasteiger partial charge in [0.2, 0.25) is 10.0 Å². The highest BCUT2D eigenvalue weighted by molar-refractivity contribution is 7.89. The average Bonchev–Trinajstić information content (AvgIpc) is 2.85. The number of hydrogen-bond donors (Lipinski definition) is 1. The third-order valence-electron chi connectivity index (χ3n) is 6.48. The van der Waals surface area contributed by atoms with Crippen LogP contribution in [0.25, 0.3) is 10.9 Å². The van der Waals surface area contributed by atoms with Gasteiger partial charge in [-0.1, -0.05) is 18.2 Å². The molecule has 1 aliphatic heterocycles. The number of esters is 1. The number of methoxy groups -OCH3 is 1. The minimum atomic E-state index is -4.04. The van der Waals surface area contributed by atoms with Crippen molar-refractivity contribution >= 4 is 33.0 Å². The van der Waals surface area contributed by atoms with Gasteiger partial charge in [0.15, 0.2) is 0 Å². The molecule has 1 aliphatic rings. The number of carbonyl (C=O) groups is 2. The Labute approximate surface area is 234 Å². The van der Waals surface area contributed by atoms with Gasteiger partial charge in [-0.2, -0.15) is 0 Å². The van der Waals surface area contributed by atoms with Crippen LogP contribution in [0, 0.1) is 13.8 Å². The van der Waals surface area contributed by atoms with E-state index in [-0.39, 0.29) is 31.0 Å². The van der Waals surface area contributed by atoms with E-state index >= 15 is 0 Å². The number of benzene rings is 2. The fourth-order valence-corrected chi connectivity index (χ4v) is 6.03. The first kappa shape index (κ1) is 29.3. The molecule has 40 heavy (non-hydrogen) atoms. The summed E-state index contributed by atoms with van der Waals surface area (Å²) in [5.74, 6) is -0.0948. The maximum absolute atomic E-state index is 13.3. The predicted octanol–water partition coefficient (Wildman–Crippen LogP) is 4.26. The van der Waals surface area contributed by atoms with Crippen LogP contribution in [0.1, 0.15) is 44.0 Å². The number of pyridine rings is 1. The van der Waals surface area contributed by atoms with Gasteiger partial charge in [0.1, 0.15) is 18.0 Å². The van der Waals surface area contributed by atoms with E-state index in [4.69, 9.17) is 14.2 Å². The van der Waals surface area contributed by atoms with Crippen LogP contribution in [0.2, 0.25) is 0 Å². The van der Waals surface area contributed by atoms with Gasteiger partial charge >= 0.3 is 12.1 Å². The fraction of sp³-hybridized carbons (Fsp3) is 0.414. The third kappa shape index (κ3) is 6.71. The number of ether oxygens (including phenoxy) is 3. The van der Waals surface area contributed by atoms with Crippen molar-refractivity contribution in [2.45, 2.75) is 63.7 Å². The first-order valence-electron chi connectivity index (χ1n) is 12.9. The van der Waals surface area contributed by atoms with Crippen molar-refractivity contribution in [1.29, 1.82) is 0 Å². The van der Waals surface area contributed by atoms with Crippen LogP contribution in [0.5, 0.6) is 5.75 Å². The highest BCUT2D eigenvalue weighted by atomic mass is 32.2. The second-order valence-corrected chi connectivity index (χ2v) is 12.8. The molecule has 0 spiro atoms. The van der Waals surface area contributed by atoms with Gasteiger partial charge in [-0.25, -0.2) is 17.9 Å². The molecule has 0 saturated carbocycles. The van der Waals surface area contributed by atoms with Crippen LogP contribution in [-0.4, -0.2) is 61.7 Å². The zero-order valence-electron chi connectivity index (χ0n) is 23.6. The molecule has 4 rings (SSSR count). The number of rotatable bonds is 8. The summed E-state index contributed by atoms with van der Waals surface area (Å²) in [5, 5.41) is 1.01. The molecule has 1 fully saturated rings. The molecule has 1 N–H and O–H groups in total. The van der Waals surface area contributed by atoms with Crippen molar-refractivity contribution in [2.75, 3.05) is 20.2 Å². The van der Waals surface area contributed by atoms with E-state index in [2.05, 4.69) is 9.71 Å². The number of nitrogens with zero attached hydrogens (tertiary/aromatic N) is 2. The summed E-state index contributed by atoms with van der Waals surface area (Å²) in [6.07, 6.45) is -0.817. The van der Waals surface area contributed by atoms with E-state index < -0.39 is 33.2 Å². The SMILES string of the molecule is COC(=O)CC1(NS(=O)(=O)c2ccc(OCc3cc(C)nc4c(C)cccc34)cc2)CN(C(=O)OC(C)(C)C)C1. The topological polar surface area (TPSA) is 124 Å². The highest BCUT2D eigenvalue weighted by Gasteiger charge is 2.50. The van der Waals surface area contributed by atoms with E-state index in [0.29, 0.717) is 5.75 Å². The summed E-state index contributed by atoms with van der Waals surface area (Å²) in [7, 11) is -2.81. The first-order valence-corrected chi connectivity index (χ1v) is 14.4. The number of likely N-dealkylation sites (tertiary alicyclic amines) is 1. The van der Waals surface area contributed by atoms with Crippen LogP contribution in [0.3, 0.4) is 0 Å². The largest absolute Gasteiger partial charge is 0.489 e. The van der Waals surface area contributed by atoms with E-state index in [0.717, 1.165) is 27.7 Å². The molecule has 0 bridgehead atoms. The molecular formula is C29H35N3O7S. The molecule has 10 nitrogen and oxygen atoms in total. The van der Waals surface area contributed by atoms with E-state index in [9.17, 15) is 18.0 Å². The van der Waals surface area contributed by atoms with E-state index in [1.165, 1.54) is 24.1 Å². The third-order valence-corrected chi connectivity index (χ3v) is 8.08. The molecular weight excluding hydrogens is 534 g/mol. The van der Waals surface area contributed by atoms with Crippen molar-refractivity contribution < 1.29 is 32.2 Å². The standard InChI is InChI=1S/C29H35N3O7S/c1-19-8-7-9-24-21(14-20(2)30-26(19)24)16-38-22-10-12-23(13-11-22)40(35,36)31-29(15-25(33)37-6)17-32(18-29)27(34)39-28(3,4)5/h7-14,31H,15-18H2,1-6H3. The van der Waals surface area contributed by atoms with Gasteiger partial charge in [0, 0.05) is 29.7 Å². The van der Waals surface area contributed by atoms with Crippen molar-refractivity contribution in [3.63, 3.8) is 0 Å². The first-order chi connectivity index (χ1) is 18.7. The molecule has 1 aromatic heterocycles. The smallest absolute Gasteiger partial charge is 0.410 e. The molecule has 1 saturated heterocycles. The Morgan fingerprint density at radius 1 is 1.07 bits per heavy atom. The van der Waals surface area contributed by atoms with Crippen molar-refractivity contribution in [1.82, 2.24) is 14.6 Å². The highest BCUT2D eigenvalue weighted by Crippen LogP contribution is 2.30. The predicted molar refractivity (Wildman–Crippen MR) is 149 cm³/mol. The summed E-state index contributed by atoms with van der Waals surface area (Å²) in [5.41, 5.74) is 1.95. The Balaban J connectivity index is 1.46. The summed E-state index contributed by atoms with van der Waals surface area (Å²) in [4.78, 5) is 30.5. The zero-order valence-corrected chi connectivity index (χ0v) is 24.4. The second kappa shape index (κ2) is 11.1. The summed E-state index contributed by atoms with van der Waals surface area (Å²) < 4.78 is 45.3. The van der Waals surface area contributed by atoms with Crippen LogP contribution in [0.4, 0.5) is 4.79 Å². The molecule has 0 unspecified atom stereocenters. The molecule has 214 valence electrons. The number of para-hydroxylation sites is 1. The maximum Gasteiger partial charge on any atom is 0.410 e. The number of amides is 1. The lowest BCUT2D eigenvalue weighted by Crippen LogP contribution is -2.72. The quantitative estimate of drug-likeness (QED) is 0.399. The van der Waals surface area contributed by atoms with Crippen molar-refractivity contribution in [2.24, 2.45) is 0 Å². The van der Waals surface area contributed by atoms with Crippen LogP contribution in [-0.2, 0) is 30.9 Å². The van der Waals surface area contributed by atoms with Crippen LogP contribution < -0.4 is 9.46 Å². The van der Waals surface area contributed by atoms with Gasteiger partial charge in [-0.05, 0) is 70.5 Å². The number of nitrogens with one attached hydrogen (secondary N) is 1. The number of fused-ring (bicyclic) bond motifs is 1. The van der Waals surface area contributed by atoms with Gasteiger partial charge < -0.3 is 19.1 Å². The second-order valence-electron chi connectivity index (χ2n) is 11.1. The number of aromatic nitrogens is 1.